The lowest BCUT2D eigenvalue weighted by molar-refractivity contribution is 0.0240. The van der Waals surface area contributed by atoms with Gasteiger partial charge in [-0.05, 0) is 28.0 Å². The van der Waals surface area contributed by atoms with Gasteiger partial charge in [-0.1, -0.05) is 53.7 Å². The Morgan fingerprint density at radius 3 is 1.54 bits per heavy atom. The number of phenols is 1. The first kappa shape index (κ1) is 23.2. The van der Waals surface area contributed by atoms with Crippen molar-refractivity contribution in [2.24, 2.45) is 5.41 Å². The summed E-state index contributed by atoms with van der Waals surface area (Å²) in [6, 6.07) is 5.93. The van der Waals surface area contributed by atoms with E-state index in [0.717, 1.165) is 5.56 Å². The van der Waals surface area contributed by atoms with Crippen molar-refractivity contribution in [2.45, 2.75) is 52.4 Å². The fourth-order valence-corrected chi connectivity index (χ4v) is 2.20. The van der Waals surface area contributed by atoms with Crippen LogP contribution in [0.1, 0.15) is 52.7 Å². The van der Waals surface area contributed by atoms with E-state index in [-0.39, 0.29) is 36.4 Å². The first-order valence-electron chi connectivity index (χ1n) is 8.14. The average molecular weight is 359 g/mol. The molecule has 1 aromatic rings. The van der Waals surface area contributed by atoms with Gasteiger partial charge in [-0.15, -0.1) is 0 Å². The summed E-state index contributed by atoms with van der Waals surface area (Å²) in [6.45, 7) is 12.2. The topological polar surface area (TPSA) is 80.9 Å². The molecule has 0 spiro atoms. The number of aliphatic hydroxyl groups is 3. The van der Waals surface area contributed by atoms with Crippen LogP contribution in [0.3, 0.4) is 0 Å². The molecule has 0 aliphatic heterocycles. The van der Waals surface area contributed by atoms with Crippen molar-refractivity contribution >= 4 is 12.6 Å². The maximum Gasteiger partial charge on any atom is 0.119 e. The van der Waals surface area contributed by atoms with Gasteiger partial charge in [0.2, 0.25) is 0 Å². The van der Waals surface area contributed by atoms with Crippen LogP contribution >= 0.6 is 12.6 Å². The number of hydrogen-bond donors (Lipinski definition) is 5. The molecule has 140 valence electrons. The highest BCUT2D eigenvalue weighted by atomic mass is 32.1. The summed E-state index contributed by atoms with van der Waals surface area (Å²) in [4.78, 5) is 0. The molecule has 4 N–H and O–H groups in total. The van der Waals surface area contributed by atoms with Crippen molar-refractivity contribution in [3.05, 3.63) is 29.3 Å². The zero-order chi connectivity index (χ0) is 19.2. The minimum Gasteiger partial charge on any atom is -0.508 e. The highest BCUT2D eigenvalue weighted by Gasteiger charge is 2.25. The molecule has 4 nitrogen and oxygen atoms in total. The van der Waals surface area contributed by atoms with Crippen molar-refractivity contribution in [2.75, 3.05) is 25.6 Å². The molecule has 1 rings (SSSR count). The van der Waals surface area contributed by atoms with Crippen molar-refractivity contribution in [1.82, 2.24) is 0 Å². The second-order valence-corrected chi connectivity index (χ2v) is 8.68. The van der Waals surface area contributed by atoms with Crippen LogP contribution in [0, 0.1) is 5.41 Å². The molecule has 0 aliphatic carbocycles. The molecule has 5 heteroatoms. The maximum absolute atomic E-state index is 9.84. The fraction of sp³-hybridized carbons (Fsp3) is 0.684. The van der Waals surface area contributed by atoms with Crippen molar-refractivity contribution < 1.29 is 20.4 Å². The van der Waals surface area contributed by atoms with Gasteiger partial charge in [-0.2, -0.15) is 12.6 Å². The lowest BCUT2D eigenvalue weighted by Crippen LogP contribution is -2.35. The Bertz CT molecular complexity index is 480. The summed E-state index contributed by atoms with van der Waals surface area (Å²) in [7, 11) is 0. The van der Waals surface area contributed by atoms with E-state index in [0.29, 0.717) is 5.75 Å². The van der Waals surface area contributed by atoms with Crippen molar-refractivity contribution in [1.29, 1.82) is 0 Å². The fourth-order valence-electron chi connectivity index (χ4n) is 1.90. The number of thiol groups is 1. The molecular formula is C19H34O4S. The van der Waals surface area contributed by atoms with E-state index in [2.05, 4.69) is 60.2 Å². The molecular weight excluding hydrogens is 324 g/mol. The smallest absolute Gasteiger partial charge is 0.119 e. The Kier molecular flexibility index (Phi) is 8.80. The van der Waals surface area contributed by atoms with Crippen LogP contribution in [0.5, 0.6) is 5.75 Å². The third-order valence-corrected chi connectivity index (χ3v) is 4.68. The molecule has 0 saturated heterocycles. The normalized spacial score (nSPS) is 12.6. The Labute approximate surface area is 152 Å². The van der Waals surface area contributed by atoms with E-state index in [1.807, 2.05) is 6.07 Å². The Morgan fingerprint density at radius 2 is 1.29 bits per heavy atom. The Balaban J connectivity index is 0.000000506. The number of rotatable bonds is 4. The largest absolute Gasteiger partial charge is 0.508 e. The molecule has 0 aromatic heterocycles. The van der Waals surface area contributed by atoms with Gasteiger partial charge in [0.25, 0.3) is 0 Å². The quantitative estimate of drug-likeness (QED) is 0.536. The summed E-state index contributed by atoms with van der Waals surface area (Å²) in [5.74, 6) is 0.687. The summed E-state index contributed by atoms with van der Waals surface area (Å²) in [5, 5.41) is 35.7. The van der Waals surface area contributed by atoms with Crippen LogP contribution in [0.15, 0.2) is 18.2 Å². The Hall–Kier alpha value is -0.750. The molecule has 0 fully saturated rings. The predicted octanol–water partition coefficient (Wildman–Crippen LogP) is 2.87. The van der Waals surface area contributed by atoms with Gasteiger partial charge in [0.05, 0.1) is 19.8 Å². The molecule has 0 heterocycles. The number of aromatic hydroxyl groups is 1. The summed E-state index contributed by atoms with van der Waals surface area (Å²) in [6.07, 6.45) is 0. The van der Waals surface area contributed by atoms with Crippen LogP contribution in [0.4, 0.5) is 0 Å². The monoisotopic (exact) mass is 358 g/mol. The second kappa shape index (κ2) is 9.09. The zero-order valence-corrected chi connectivity index (χ0v) is 16.7. The molecule has 0 radical (unpaired) electrons. The average Bonchev–Trinajstić information content (AvgIpc) is 2.49. The molecule has 0 bridgehead atoms. The van der Waals surface area contributed by atoms with E-state index in [9.17, 15) is 5.11 Å². The predicted molar refractivity (Wildman–Crippen MR) is 103 cm³/mol. The molecule has 24 heavy (non-hydrogen) atoms. The van der Waals surface area contributed by atoms with Crippen molar-refractivity contribution in [3.63, 3.8) is 0 Å². The second-order valence-electron chi connectivity index (χ2n) is 8.36. The minimum absolute atomic E-state index is 0.00859. The molecule has 0 aliphatic rings. The zero-order valence-electron chi connectivity index (χ0n) is 15.8. The van der Waals surface area contributed by atoms with E-state index in [1.54, 1.807) is 6.07 Å². The molecule has 0 saturated carbocycles. The van der Waals surface area contributed by atoms with E-state index in [4.69, 9.17) is 15.3 Å². The Morgan fingerprint density at radius 1 is 0.833 bits per heavy atom. The number of benzene rings is 1. The van der Waals surface area contributed by atoms with Crippen LogP contribution in [0.25, 0.3) is 0 Å². The van der Waals surface area contributed by atoms with Crippen LogP contribution in [0.2, 0.25) is 0 Å². The standard InChI is InChI=1S/C14H22O.C5H12O3S/c1-13(2,3)10-7-8-12(15)11(9-10)14(4,5)6;6-1-5(2-7,3-8)4-9/h7-9,15H,1-6H3;6-9H,1-4H2. The summed E-state index contributed by atoms with van der Waals surface area (Å²) in [5.41, 5.74) is 1.61. The lowest BCUT2D eigenvalue weighted by Gasteiger charge is -2.25. The third kappa shape index (κ3) is 6.63. The minimum atomic E-state index is -0.802. The summed E-state index contributed by atoms with van der Waals surface area (Å²) >= 11 is 3.86. The first-order valence-corrected chi connectivity index (χ1v) is 8.77. The van der Waals surface area contributed by atoms with Gasteiger partial charge >= 0.3 is 0 Å². The SMILES string of the molecule is CC(C)(C)c1ccc(O)c(C(C)(C)C)c1.OCC(CO)(CO)CS. The first-order chi connectivity index (χ1) is 10.9. The van der Waals surface area contributed by atoms with E-state index < -0.39 is 5.41 Å². The third-order valence-electron chi connectivity index (χ3n) is 4.01. The van der Waals surface area contributed by atoms with Gasteiger partial charge in [0.1, 0.15) is 5.75 Å². The highest BCUT2D eigenvalue weighted by molar-refractivity contribution is 7.80. The van der Waals surface area contributed by atoms with Gasteiger partial charge in [0.15, 0.2) is 0 Å². The lowest BCUT2D eigenvalue weighted by atomic mass is 9.80. The van der Waals surface area contributed by atoms with E-state index in [1.165, 1.54) is 5.56 Å². The van der Waals surface area contributed by atoms with Crippen LogP contribution < -0.4 is 0 Å². The van der Waals surface area contributed by atoms with Gasteiger partial charge < -0.3 is 20.4 Å². The van der Waals surface area contributed by atoms with Crippen LogP contribution in [-0.2, 0) is 10.8 Å². The highest BCUT2D eigenvalue weighted by Crippen LogP contribution is 2.34. The molecule has 0 unspecified atom stereocenters. The van der Waals surface area contributed by atoms with Crippen LogP contribution in [-0.4, -0.2) is 46.0 Å². The number of aliphatic hydroxyl groups excluding tert-OH is 3. The number of phenolic OH excluding ortho intramolecular Hbond substituents is 1. The van der Waals surface area contributed by atoms with Gasteiger partial charge in [0, 0.05) is 11.2 Å². The molecule has 0 atom stereocenters. The summed E-state index contributed by atoms with van der Waals surface area (Å²) < 4.78 is 0. The maximum atomic E-state index is 9.84. The van der Waals surface area contributed by atoms with Crippen molar-refractivity contribution in [3.8, 4) is 5.75 Å². The van der Waals surface area contributed by atoms with E-state index >= 15 is 0 Å². The molecule has 0 amide bonds. The van der Waals surface area contributed by atoms with Gasteiger partial charge in [-0.25, -0.2) is 0 Å². The number of hydrogen-bond acceptors (Lipinski definition) is 5. The molecule has 1 aromatic carbocycles. The van der Waals surface area contributed by atoms with Gasteiger partial charge in [-0.3, -0.25) is 0 Å².